The summed E-state index contributed by atoms with van der Waals surface area (Å²) < 4.78 is 1.84. The smallest absolute Gasteiger partial charge is 0.229 e. The Morgan fingerprint density at radius 2 is 2.24 bits per heavy atom. The van der Waals surface area contributed by atoms with Crippen molar-refractivity contribution in [1.29, 1.82) is 0 Å². The van der Waals surface area contributed by atoms with Gasteiger partial charge in [0.25, 0.3) is 0 Å². The van der Waals surface area contributed by atoms with E-state index in [4.69, 9.17) is 11.6 Å². The molecule has 2 rings (SSSR count). The minimum atomic E-state index is -0.132. The summed E-state index contributed by atoms with van der Waals surface area (Å²) in [5.74, 6) is 0.309. The minimum absolute atomic E-state index is 0.132. The number of nitrogens with zero attached hydrogens (tertiary/aromatic N) is 3. The highest BCUT2D eigenvalue weighted by atomic mass is 35.5. The first-order valence-corrected chi connectivity index (χ1v) is 5.77. The molecule has 0 saturated heterocycles. The first-order chi connectivity index (χ1) is 8.22. The molecule has 0 aliphatic heterocycles. The van der Waals surface area contributed by atoms with Gasteiger partial charge in [0.2, 0.25) is 5.78 Å². The van der Waals surface area contributed by atoms with Crippen LogP contribution in [0.1, 0.15) is 29.5 Å². The summed E-state index contributed by atoms with van der Waals surface area (Å²) in [5, 5.41) is 0.374. The van der Waals surface area contributed by atoms with Gasteiger partial charge in [0.05, 0.1) is 0 Å². The van der Waals surface area contributed by atoms with E-state index in [0.717, 1.165) is 13.0 Å². The zero-order valence-electron chi connectivity index (χ0n) is 9.43. The number of rotatable bonds is 4. The molecule has 4 nitrogen and oxygen atoms in total. The zero-order valence-corrected chi connectivity index (χ0v) is 10.2. The molecule has 0 aliphatic carbocycles. The average molecular weight is 250 g/mol. The molecule has 0 unspecified atom stereocenters. The first kappa shape index (κ1) is 11.8. The van der Waals surface area contributed by atoms with E-state index in [1.165, 1.54) is 6.20 Å². The van der Waals surface area contributed by atoms with Gasteiger partial charge in [0.1, 0.15) is 5.15 Å². The average Bonchev–Trinajstić information content (AvgIpc) is 2.78. The van der Waals surface area contributed by atoms with Crippen LogP contribution >= 0.6 is 11.6 Å². The molecule has 17 heavy (non-hydrogen) atoms. The maximum atomic E-state index is 12.1. The Balaban J connectivity index is 2.30. The van der Waals surface area contributed by atoms with Crippen LogP contribution in [0, 0.1) is 0 Å². The van der Waals surface area contributed by atoms with Gasteiger partial charge in [0.15, 0.2) is 5.82 Å². The van der Waals surface area contributed by atoms with Crippen molar-refractivity contribution >= 4 is 17.4 Å². The van der Waals surface area contributed by atoms with Gasteiger partial charge in [-0.15, -0.1) is 0 Å². The van der Waals surface area contributed by atoms with Crippen molar-refractivity contribution in [3.63, 3.8) is 0 Å². The van der Waals surface area contributed by atoms with Crippen LogP contribution in [0.15, 0.2) is 30.7 Å². The highest BCUT2D eigenvalue weighted by Crippen LogP contribution is 2.10. The summed E-state index contributed by atoms with van der Waals surface area (Å²) in [4.78, 5) is 20.1. The van der Waals surface area contributed by atoms with Gasteiger partial charge < -0.3 is 4.57 Å². The van der Waals surface area contributed by atoms with Gasteiger partial charge in [-0.05, 0) is 18.6 Å². The fraction of sp³-hybridized carbons (Fsp3) is 0.250. The van der Waals surface area contributed by atoms with E-state index >= 15 is 0 Å². The number of aryl methyl sites for hydroxylation is 1. The summed E-state index contributed by atoms with van der Waals surface area (Å²) in [7, 11) is 0. The number of hydrogen-bond acceptors (Lipinski definition) is 3. The largest absolute Gasteiger partial charge is 0.328 e. The number of carbonyl (C=O) groups is 1. The van der Waals surface area contributed by atoms with Crippen molar-refractivity contribution in [1.82, 2.24) is 14.5 Å². The van der Waals surface area contributed by atoms with E-state index < -0.39 is 0 Å². The molecule has 0 fully saturated rings. The van der Waals surface area contributed by atoms with Gasteiger partial charge in [0, 0.05) is 30.7 Å². The molecule has 88 valence electrons. The van der Waals surface area contributed by atoms with E-state index in [1.807, 2.05) is 4.57 Å². The van der Waals surface area contributed by atoms with Crippen LogP contribution in [0.2, 0.25) is 5.15 Å². The molecule has 5 heteroatoms. The normalized spacial score (nSPS) is 10.5. The van der Waals surface area contributed by atoms with Crippen LogP contribution in [0.4, 0.5) is 0 Å². The number of ketones is 1. The maximum Gasteiger partial charge on any atom is 0.229 e. The Hall–Kier alpha value is -1.68. The second kappa shape index (κ2) is 5.10. The number of hydrogen-bond donors (Lipinski definition) is 0. The monoisotopic (exact) mass is 249 g/mol. The highest BCUT2D eigenvalue weighted by Gasteiger charge is 2.14. The number of imidazole rings is 1. The van der Waals surface area contributed by atoms with Gasteiger partial charge >= 0.3 is 0 Å². The molecule has 0 spiro atoms. The second-order valence-corrected chi connectivity index (χ2v) is 4.03. The SMILES string of the molecule is CCCn1ccnc1C(=O)c1ccc(Cl)nc1. The van der Waals surface area contributed by atoms with Crippen molar-refractivity contribution in [2.24, 2.45) is 0 Å². The molecule has 0 amide bonds. The lowest BCUT2D eigenvalue weighted by Crippen LogP contribution is -2.11. The number of carbonyl (C=O) groups excluding carboxylic acids is 1. The predicted octanol–water partition coefficient (Wildman–Crippen LogP) is 2.57. The Bertz CT molecular complexity index is 519. The molecule has 2 heterocycles. The Morgan fingerprint density at radius 3 is 2.88 bits per heavy atom. The zero-order chi connectivity index (χ0) is 12.3. The van der Waals surface area contributed by atoms with Crippen molar-refractivity contribution < 1.29 is 4.79 Å². The summed E-state index contributed by atoms with van der Waals surface area (Å²) in [6.07, 6.45) is 5.86. The van der Waals surface area contributed by atoms with Crippen molar-refractivity contribution in [3.8, 4) is 0 Å². The topological polar surface area (TPSA) is 47.8 Å². The van der Waals surface area contributed by atoms with Crippen molar-refractivity contribution in [2.75, 3.05) is 0 Å². The summed E-state index contributed by atoms with van der Waals surface area (Å²) >= 11 is 5.68. The lowest BCUT2D eigenvalue weighted by molar-refractivity contribution is 0.102. The first-order valence-electron chi connectivity index (χ1n) is 5.39. The number of pyridine rings is 1. The third-order valence-electron chi connectivity index (χ3n) is 2.37. The molecule has 2 aromatic heterocycles. The van der Waals surface area contributed by atoms with Crippen LogP contribution < -0.4 is 0 Å². The van der Waals surface area contributed by atoms with Crippen LogP contribution in [0.5, 0.6) is 0 Å². The Morgan fingerprint density at radius 1 is 1.41 bits per heavy atom. The predicted molar refractivity (Wildman–Crippen MR) is 65.2 cm³/mol. The van der Waals surface area contributed by atoms with Gasteiger partial charge in [-0.25, -0.2) is 9.97 Å². The van der Waals surface area contributed by atoms with E-state index in [0.29, 0.717) is 16.5 Å². The summed E-state index contributed by atoms with van der Waals surface area (Å²) in [5.41, 5.74) is 0.498. The van der Waals surface area contributed by atoms with Crippen LogP contribution in [-0.2, 0) is 6.54 Å². The molecule has 0 aliphatic rings. The van der Waals surface area contributed by atoms with E-state index in [2.05, 4.69) is 16.9 Å². The molecule has 0 N–H and O–H groups in total. The summed E-state index contributed by atoms with van der Waals surface area (Å²) in [6, 6.07) is 3.25. The number of halogens is 1. The second-order valence-electron chi connectivity index (χ2n) is 3.64. The quantitative estimate of drug-likeness (QED) is 0.618. The third kappa shape index (κ3) is 2.53. The van der Waals surface area contributed by atoms with Crippen LogP contribution in [-0.4, -0.2) is 20.3 Å². The van der Waals surface area contributed by atoms with E-state index in [1.54, 1.807) is 24.5 Å². The molecule has 0 radical (unpaired) electrons. The van der Waals surface area contributed by atoms with Crippen molar-refractivity contribution in [3.05, 3.63) is 47.3 Å². The summed E-state index contributed by atoms with van der Waals surface area (Å²) in [6.45, 7) is 2.83. The maximum absolute atomic E-state index is 12.1. The molecular weight excluding hydrogens is 238 g/mol. The van der Waals surface area contributed by atoms with Crippen LogP contribution in [0.3, 0.4) is 0 Å². The van der Waals surface area contributed by atoms with Crippen LogP contribution in [0.25, 0.3) is 0 Å². The lowest BCUT2D eigenvalue weighted by Gasteiger charge is -2.04. The highest BCUT2D eigenvalue weighted by molar-refractivity contribution is 6.29. The standard InChI is InChI=1S/C12H12ClN3O/c1-2-6-16-7-5-14-12(16)11(17)9-3-4-10(13)15-8-9/h3-5,7-8H,2,6H2,1H3. The Kier molecular flexibility index (Phi) is 3.54. The Labute approximate surface area is 104 Å². The fourth-order valence-corrected chi connectivity index (χ4v) is 1.69. The van der Waals surface area contributed by atoms with Gasteiger partial charge in [-0.1, -0.05) is 18.5 Å². The van der Waals surface area contributed by atoms with Gasteiger partial charge in [-0.3, -0.25) is 4.79 Å². The van der Waals surface area contributed by atoms with Gasteiger partial charge in [-0.2, -0.15) is 0 Å². The molecule has 0 saturated carbocycles. The molecule has 0 aromatic carbocycles. The minimum Gasteiger partial charge on any atom is -0.328 e. The third-order valence-corrected chi connectivity index (χ3v) is 2.60. The molecule has 2 aromatic rings. The lowest BCUT2D eigenvalue weighted by atomic mass is 10.2. The molecule has 0 bridgehead atoms. The number of aromatic nitrogens is 3. The molecule has 0 atom stereocenters. The van der Waals surface area contributed by atoms with E-state index in [-0.39, 0.29) is 5.78 Å². The molecular formula is C12H12ClN3O. The fourth-order valence-electron chi connectivity index (χ4n) is 1.58. The van der Waals surface area contributed by atoms with Crippen molar-refractivity contribution in [2.45, 2.75) is 19.9 Å². The van der Waals surface area contributed by atoms with E-state index in [9.17, 15) is 4.79 Å².